The number of rotatable bonds is 10. The number of carbonyl (C=O) groups excluding carboxylic acids is 1. The van der Waals surface area contributed by atoms with Gasteiger partial charge in [-0.2, -0.15) is 0 Å². The highest BCUT2D eigenvalue weighted by Gasteiger charge is 2.28. The third-order valence-corrected chi connectivity index (χ3v) is 5.57. The van der Waals surface area contributed by atoms with Crippen LogP contribution in [0.3, 0.4) is 0 Å². The van der Waals surface area contributed by atoms with Crippen molar-refractivity contribution in [1.29, 1.82) is 0 Å². The number of ether oxygens (including phenoxy) is 2. The Morgan fingerprint density at radius 2 is 1.66 bits per heavy atom. The quantitative estimate of drug-likeness (QED) is 0.419. The molecule has 0 bridgehead atoms. The molecule has 5 heteroatoms. The van der Waals surface area contributed by atoms with Gasteiger partial charge < -0.3 is 14.6 Å². The smallest absolute Gasteiger partial charge is 0.306 e. The highest BCUT2D eigenvalue weighted by Crippen LogP contribution is 2.31. The SMILES string of the molecule is COc1ccc(COc2cccc(C(=O)C(CC(C)C(=O)O)c3ccccc3C)c2)cc1. The second-order valence-corrected chi connectivity index (χ2v) is 7.91. The fourth-order valence-corrected chi connectivity index (χ4v) is 3.64. The van der Waals surface area contributed by atoms with Crippen LogP contribution < -0.4 is 9.47 Å². The van der Waals surface area contributed by atoms with Gasteiger partial charge >= 0.3 is 5.97 Å². The zero-order valence-corrected chi connectivity index (χ0v) is 18.6. The van der Waals surface area contributed by atoms with Crippen molar-refractivity contribution in [3.63, 3.8) is 0 Å². The average Bonchev–Trinajstić information content (AvgIpc) is 2.81. The molecule has 2 atom stereocenters. The number of carbonyl (C=O) groups is 2. The molecule has 0 amide bonds. The maximum Gasteiger partial charge on any atom is 0.306 e. The van der Waals surface area contributed by atoms with Gasteiger partial charge in [0.2, 0.25) is 0 Å². The lowest BCUT2D eigenvalue weighted by Crippen LogP contribution is -2.21. The van der Waals surface area contributed by atoms with Gasteiger partial charge in [0.15, 0.2) is 5.78 Å². The predicted octanol–water partition coefficient (Wildman–Crippen LogP) is 5.66. The molecule has 0 aliphatic carbocycles. The molecule has 32 heavy (non-hydrogen) atoms. The lowest BCUT2D eigenvalue weighted by molar-refractivity contribution is -0.141. The van der Waals surface area contributed by atoms with E-state index in [1.54, 1.807) is 32.2 Å². The Balaban J connectivity index is 1.81. The van der Waals surface area contributed by atoms with E-state index in [9.17, 15) is 14.7 Å². The minimum atomic E-state index is -0.909. The first-order valence-electron chi connectivity index (χ1n) is 10.6. The fourth-order valence-electron chi connectivity index (χ4n) is 3.64. The Bertz CT molecular complexity index is 1070. The van der Waals surface area contributed by atoms with Gasteiger partial charge in [0.25, 0.3) is 0 Å². The van der Waals surface area contributed by atoms with Crippen molar-refractivity contribution in [1.82, 2.24) is 0 Å². The summed E-state index contributed by atoms with van der Waals surface area (Å²) in [7, 11) is 1.62. The van der Waals surface area contributed by atoms with Crippen molar-refractivity contribution in [3.05, 3.63) is 95.1 Å². The number of methoxy groups -OCH3 is 1. The molecule has 0 aliphatic rings. The number of ketones is 1. The molecule has 0 aliphatic heterocycles. The minimum Gasteiger partial charge on any atom is -0.497 e. The minimum absolute atomic E-state index is 0.109. The summed E-state index contributed by atoms with van der Waals surface area (Å²) in [5.41, 5.74) is 3.31. The van der Waals surface area contributed by atoms with Crippen LogP contribution in [0.25, 0.3) is 0 Å². The predicted molar refractivity (Wildman–Crippen MR) is 123 cm³/mol. The van der Waals surface area contributed by atoms with Crippen molar-refractivity contribution in [2.75, 3.05) is 7.11 Å². The summed E-state index contributed by atoms with van der Waals surface area (Å²) in [5, 5.41) is 9.42. The Kier molecular flexibility index (Phi) is 7.66. The molecular weight excluding hydrogens is 404 g/mol. The third kappa shape index (κ3) is 5.76. The second kappa shape index (κ2) is 10.6. The van der Waals surface area contributed by atoms with Crippen molar-refractivity contribution in [2.24, 2.45) is 5.92 Å². The summed E-state index contributed by atoms with van der Waals surface area (Å²) in [6.45, 7) is 3.93. The molecule has 1 N–H and O–H groups in total. The van der Waals surface area contributed by atoms with Crippen LogP contribution in [-0.2, 0) is 11.4 Å². The molecule has 0 aromatic heterocycles. The largest absolute Gasteiger partial charge is 0.497 e. The molecule has 3 aromatic rings. The summed E-state index contributed by atoms with van der Waals surface area (Å²) >= 11 is 0. The van der Waals surface area contributed by atoms with Gasteiger partial charge in [-0.3, -0.25) is 9.59 Å². The zero-order chi connectivity index (χ0) is 23.1. The number of benzene rings is 3. The number of aryl methyl sites for hydroxylation is 1. The average molecular weight is 433 g/mol. The van der Waals surface area contributed by atoms with E-state index in [4.69, 9.17) is 9.47 Å². The van der Waals surface area contributed by atoms with Crippen LogP contribution in [0.1, 0.15) is 46.3 Å². The highest BCUT2D eigenvalue weighted by atomic mass is 16.5. The molecule has 0 fully saturated rings. The van der Waals surface area contributed by atoms with Crippen LogP contribution in [0.15, 0.2) is 72.8 Å². The fraction of sp³-hybridized carbons (Fsp3) is 0.259. The van der Waals surface area contributed by atoms with Crippen LogP contribution in [0.2, 0.25) is 0 Å². The van der Waals surface area contributed by atoms with Gasteiger partial charge in [-0.15, -0.1) is 0 Å². The Morgan fingerprint density at radius 1 is 0.938 bits per heavy atom. The summed E-state index contributed by atoms with van der Waals surface area (Å²) in [4.78, 5) is 25.0. The van der Waals surface area contributed by atoms with Crippen LogP contribution in [-0.4, -0.2) is 24.0 Å². The van der Waals surface area contributed by atoms with Gasteiger partial charge in [-0.1, -0.05) is 55.5 Å². The van der Waals surface area contributed by atoms with Crippen LogP contribution >= 0.6 is 0 Å². The van der Waals surface area contributed by atoms with Crippen molar-refractivity contribution >= 4 is 11.8 Å². The lowest BCUT2D eigenvalue weighted by Gasteiger charge is -2.21. The molecule has 2 unspecified atom stereocenters. The van der Waals surface area contributed by atoms with E-state index < -0.39 is 17.8 Å². The highest BCUT2D eigenvalue weighted by molar-refractivity contribution is 6.01. The maximum atomic E-state index is 13.5. The number of carboxylic acids is 1. The number of hydrogen-bond acceptors (Lipinski definition) is 4. The molecule has 0 spiro atoms. The van der Waals surface area contributed by atoms with Crippen LogP contribution in [0, 0.1) is 12.8 Å². The van der Waals surface area contributed by atoms with E-state index in [0.717, 1.165) is 22.4 Å². The van der Waals surface area contributed by atoms with Gasteiger partial charge in [0.1, 0.15) is 18.1 Å². The topological polar surface area (TPSA) is 72.8 Å². The molecule has 0 radical (unpaired) electrons. The summed E-state index contributed by atoms with van der Waals surface area (Å²) in [6, 6.07) is 22.3. The van der Waals surface area contributed by atoms with E-state index in [1.165, 1.54) is 0 Å². The molecule has 166 valence electrons. The Morgan fingerprint density at radius 3 is 2.31 bits per heavy atom. The molecule has 3 aromatic carbocycles. The zero-order valence-electron chi connectivity index (χ0n) is 18.6. The summed E-state index contributed by atoms with van der Waals surface area (Å²) < 4.78 is 11.1. The molecule has 0 heterocycles. The standard InChI is InChI=1S/C27H28O5/c1-18-7-4-5-10-24(18)25(15-19(2)27(29)30)26(28)21-8-6-9-23(16-21)32-17-20-11-13-22(31-3)14-12-20/h4-14,16,19,25H,15,17H2,1-3H3,(H,29,30). The Labute approximate surface area is 188 Å². The van der Waals surface area contributed by atoms with E-state index >= 15 is 0 Å². The van der Waals surface area contributed by atoms with Crippen molar-refractivity contribution < 1.29 is 24.2 Å². The van der Waals surface area contributed by atoms with Crippen LogP contribution in [0.4, 0.5) is 0 Å². The van der Waals surface area contributed by atoms with Gasteiger partial charge in [0, 0.05) is 11.5 Å². The number of aliphatic carboxylic acids is 1. The lowest BCUT2D eigenvalue weighted by atomic mass is 9.82. The summed E-state index contributed by atoms with van der Waals surface area (Å²) in [6.07, 6.45) is 0.232. The molecular formula is C27H28O5. The maximum absolute atomic E-state index is 13.5. The van der Waals surface area contributed by atoms with E-state index in [1.807, 2.05) is 61.5 Å². The van der Waals surface area contributed by atoms with Crippen molar-refractivity contribution in [3.8, 4) is 11.5 Å². The first-order chi connectivity index (χ1) is 15.4. The number of carboxylic acid groups (broad SMARTS) is 1. The van der Waals surface area contributed by atoms with E-state index in [2.05, 4.69) is 0 Å². The first kappa shape index (κ1) is 23.1. The van der Waals surface area contributed by atoms with Crippen molar-refractivity contribution in [2.45, 2.75) is 32.8 Å². The van der Waals surface area contributed by atoms with E-state index in [-0.39, 0.29) is 12.2 Å². The van der Waals surface area contributed by atoms with Gasteiger partial charge in [-0.05, 0) is 54.3 Å². The molecule has 5 nitrogen and oxygen atoms in total. The molecule has 0 saturated heterocycles. The summed E-state index contributed by atoms with van der Waals surface area (Å²) in [5.74, 6) is -0.840. The molecule has 3 rings (SSSR count). The van der Waals surface area contributed by atoms with E-state index in [0.29, 0.717) is 17.9 Å². The van der Waals surface area contributed by atoms with Crippen LogP contribution in [0.5, 0.6) is 11.5 Å². The Hall–Kier alpha value is -3.60. The van der Waals surface area contributed by atoms with Gasteiger partial charge in [-0.25, -0.2) is 0 Å². The monoisotopic (exact) mass is 432 g/mol. The first-order valence-corrected chi connectivity index (χ1v) is 10.6. The number of hydrogen-bond donors (Lipinski definition) is 1. The number of Topliss-reactive ketones (excluding diaryl/α,β-unsaturated/α-hetero) is 1. The normalized spacial score (nSPS) is 12.6. The molecule has 0 saturated carbocycles. The van der Waals surface area contributed by atoms with Gasteiger partial charge in [0.05, 0.1) is 13.0 Å². The third-order valence-electron chi connectivity index (χ3n) is 5.57. The second-order valence-electron chi connectivity index (χ2n) is 7.91.